The van der Waals surface area contributed by atoms with Crippen LogP contribution in [0, 0.1) is 0 Å². The number of carbonyl (C=O) groups excluding carboxylic acids is 2. The topological polar surface area (TPSA) is 150 Å². The molecule has 0 unspecified atom stereocenters. The molecule has 0 saturated carbocycles. The van der Waals surface area contributed by atoms with Gasteiger partial charge in [0, 0.05) is 37.4 Å². The van der Waals surface area contributed by atoms with Crippen molar-refractivity contribution < 1.29 is 27.8 Å². The molecule has 0 radical (unpaired) electrons. The van der Waals surface area contributed by atoms with Gasteiger partial charge in [0.2, 0.25) is 0 Å². The van der Waals surface area contributed by atoms with E-state index in [-0.39, 0.29) is 54.8 Å². The summed E-state index contributed by atoms with van der Waals surface area (Å²) in [6.45, 7) is 1.44. The standard InChI is InChI=1S/C25H31F2N7O4/c26-16-11-34(12-17(16)27)24(36)20-10-21(32-25(31-20)38-13-15-2-1-9-37-15)33-7-5-14(6-8-33)19-4-3-18(28)22(30-19)23(29)35/h3-4,10,14-17H,1-2,5-9,11-13,28H2,(H2,29,35)/t15-,16+,17+/m1/s1. The van der Waals surface area contributed by atoms with E-state index in [4.69, 9.17) is 20.9 Å². The highest BCUT2D eigenvalue weighted by atomic mass is 19.2. The molecule has 204 valence electrons. The molecule has 11 nitrogen and oxygen atoms in total. The zero-order valence-electron chi connectivity index (χ0n) is 20.9. The molecule has 3 fully saturated rings. The number of nitrogen functional groups attached to an aromatic ring is 1. The molecule has 3 aliphatic rings. The maximum absolute atomic E-state index is 13.8. The maximum Gasteiger partial charge on any atom is 0.319 e. The van der Waals surface area contributed by atoms with Gasteiger partial charge in [-0.25, -0.2) is 13.8 Å². The first-order chi connectivity index (χ1) is 18.3. The van der Waals surface area contributed by atoms with Crippen LogP contribution in [0.1, 0.15) is 58.3 Å². The Morgan fingerprint density at radius 1 is 1.08 bits per heavy atom. The minimum Gasteiger partial charge on any atom is -0.461 e. The van der Waals surface area contributed by atoms with E-state index in [1.54, 1.807) is 12.1 Å². The van der Waals surface area contributed by atoms with Gasteiger partial charge in [0.1, 0.15) is 18.1 Å². The summed E-state index contributed by atoms with van der Waals surface area (Å²) in [6.07, 6.45) is -0.298. The molecule has 0 bridgehead atoms. The van der Waals surface area contributed by atoms with Crippen molar-refractivity contribution in [3.05, 3.63) is 35.3 Å². The Balaban J connectivity index is 1.33. The highest BCUT2D eigenvalue weighted by Crippen LogP contribution is 2.31. The first-order valence-electron chi connectivity index (χ1n) is 12.8. The van der Waals surface area contributed by atoms with Crippen LogP contribution in [-0.2, 0) is 4.74 Å². The zero-order valence-corrected chi connectivity index (χ0v) is 20.9. The van der Waals surface area contributed by atoms with Gasteiger partial charge < -0.3 is 30.7 Å². The lowest BCUT2D eigenvalue weighted by atomic mass is 9.92. The van der Waals surface area contributed by atoms with E-state index in [1.807, 2.05) is 4.90 Å². The first-order valence-corrected chi connectivity index (χ1v) is 12.8. The number of halogens is 2. The molecule has 0 aliphatic carbocycles. The largest absolute Gasteiger partial charge is 0.461 e. The summed E-state index contributed by atoms with van der Waals surface area (Å²) in [5, 5.41) is 0. The average Bonchev–Trinajstić information content (AvgIpc) is 3.56. The number of primary amides is 1. The average molecular weight is 532 g/mol. The third kappa shape index (κ3) is 5.62. The number of nitrogens with two attached hydrogens (primary N) is 2. The first kappa shape index (κ1) is 26.0. The normalized spacial score (nSPS) is 24.1. The lowest BCUT2D eigenvalue weighted by Crippen LogP contribution is -2.35. The molecule has 0 spiro atoms. The van der Waals surface area contributed by atoms with Crippen LogP contribution >= 0.6 is 0 Å². The molecular formula is C25H31F2N7O4. The monoisotopic (exact) mass is 531 g/mol. The Bertz CT molecular complexity index is 1180. The SMILES string of the molecule is NC(=O)c1nc(C2CCN(c3cc(C(=O)N4C[C@H](F)[C@@H](F)C4)nc(OC[C@H]4CCCO4)n3)CC2)ccc1N. The second kappa shape index (κ2) is 11.0. The van der Waals surface area contributed by atoms with Crippen LogP contribution in [0.4, 0.5) is 20.3 Å². The molecule has 2 aromatic heterocycles. The van der Waals surface area contributed by atoms with Crippen molar-refractivity contribution in [2.45, 2.75) is 50.0 Å². The molecule has 13 heteroatoms. The van der Waals surface area contributed by atoms with E-state index >= 15 is 0 Å². The van der Waals surface area contributed by atoms with Crippen molar-refractivity contribution in [3.63, 3.8) is 0 Å². The predicted octanol–water partition coefficient (Wildman–Crippen LogP) is 1.63. The second-order valence-corrected chi connectivity index (χ2v) is 9.88. The number of anilines is 2. The van der Waals surface area contributed by atoms with Gasteiger partial charge in [-0.05, 0) is 37.8 Å². The van der Waals surface area contributed by atoms with Gasteiger partial charge in [0.25, 0.3) is 11.8 Å². The lowest BCUT2D eigenvalue weighted by Gasteiger charge is -2.33. The van der Waals surface area contributed by atoms with Crippen molar-refractivity contribution in [2.24, 2.45) is 5.73 Å². The van der Waals surface area contributed by atoms with Crippen LogP contribution in [-0.4, -0.2) is 89.5 Å². The van der Waals surface area contributed by atoms with E-state index in [9.17, 15) is 18.4 Å². The molecule has 5 rings (SSSR count). The van der Waals surface area contributed by atoms with E-state index in [0.717, 1.165) is 23.4 Å². The number of hydrogen-bond acceptors (Lipinski definition) is 9. The summed E-state index contributed by atoms with van der Waals surface area (Å²) in [5.41, 5.74) is 12.3. The van der Waals surface area contributed by atoms with Crippen LogP contribution in [0.15, 0.2) is 18.2 Å². The van der Waals surface area contributed by atoms with Crippen molar-refractivity contribution in [3.8, 4) is 6.01 Å². The van der Waals surface area contributed by atoms with Gasteiger partial charge in [-0.2, -0.15) is 9.97 Å². The van der Waals surface area contributed by atoms with E-state index in [2.05, 4.69) is 15.0 Å². The number of hydrogen-bond donors (Lipinski definition) is 2. The smallest absolute Gasteiger partial charge is 0.319 e. The molecule has 2 amide bonds. The fourth-order valence-electron chi connectivity index (χ4n) is 5.06. The molecule has 3 atom stereocenters. The van der Waals surface area contributed by atoms with E-state index in [1.165, 1.54) is 6.07 Å². The molecule has 3 aliphatic heterocycles. The third-order valence-electron chi connectivity index (χ3n) is 7.22. The number of piperidine rings is 1. The summed E-state index contributed by atoms with van der Waals surface area (Å²) in [5.74, 6) is -0.680. The molecule has 0 aromatic carbocycles. The number of amides is 2. The third-order valence-corrected chi connectivity index (χ3v) is 7.22. The van der Waals surface area contributed by atoms with Crippen LogP contribution in [0.3, 0.4) is 0 Å². The molecule has 4 N–H and O–H groups in total. The summed E-state index contributed by atoms with van der Waals surface area (Å²) in [7, 11) is 0. The van der Waals surface area contributed by atoms with Crippen molar-refractivity contribution in [1.29, 1.82) is 0 Å². The van der Waals surface area contributed by atoms with Crippen molar-refractivity contribution in [1.82, 2.24) is 19.9 Å². The minimum absolute atomic E-state index is 0.0163. The molecular weight excluding hydrogens is 500 g/mol. The predicted molar refractivity (Wildman–Crippen MR) is 134 cm³/mol. The highest BCUT2D eigenvalue weighted by molar-refractivity contribution is 5.96. The van der Waals surface area contributed by atoms with Crippen LogP contribution in [0.5, 0.6) is 6.01 Å². The number of ether oxygens (including phenoxy) is 2. The Hall–Kier alpha value is -3.61. The van der Waals surface area contributed by atoms with Crippen molar-refractivity contribution >= 4 is 23.3 Å². The lowest BCUT2D eigenvalue weighted by molar-refractivity contribution is 0.0640. The number of likely N-dealkylation sites (tertiary alicyclic amines) is 1. The van der Waals surface area contributed by atoms with Gasteiger partial charge in [0.15, 0.2) is 18.0 Å². The quantitative estimate of drug-likeness (QED) is 0.543. The maximum atomic E-state index is 13.8. The summed E-state index contributed by atoms with van der Waals surface area (Å²) in [4.78, 5) is 41.0. The molecule has 38 heavy (non-hydrogen) atoms. The molecule has 3 saturated heterocycles. The summed E-state index contributed by atoms with van der Waals surface area (Å²) < 4.78 is 38.9. The van der Waals surface area contributed by atoms with Gasteiger partial charge in [0.05, 0.1) is 24.9 Å². The summed E-state index contributed by atoms with van der Waals surface area (Å²) in [6, 6.07) is 4.99. The number of alkyl halides is 2. The fraction of sp³-hybridized carbons (Fsp3) is 0.560. The van der Waals surface area contributed by atoms with E-state index < -0.39 is 24.2 Å². The fourth-order valence-corrected chi connectivity index (χ4v) is 5.06. The Labute approximate surface area is 218 Å². The Kier molecular flexibility index (Phi) is 7.54. The molecule has 5 heterocycles. The zero-order chi connectivity index (χ0) is 26.8. The van der Waals surface area contributed by atoms with Gasteiger partial charge in [-0.3, -0.25) is 9.59 Å². The van der Waals surface area contributed by atoms with E-state index in [0.29, 0.717) is 38.4 Å². The minimum atomic E-state index is -1.72. The second-order valence-electron chi connectivity index (χ2n) is 9.88. The van der Waals surface area contributed by atoms with Crippen molar-refractivity contribution in [2.75, 3.05) is 50.0 Å². The molecule has 2 aromatic rings. The number of carbonyl (C=O) groups is 2. The number of nitrogens with zero attached hydrogens (tertiary/aromatic N) is 5. The Morgan fingerprint density at radius 2 is 1.82 bits per heavy atom. The summed E-state index contributed by atoms with van der Waals surface area (Å²) >= 11 is 0. The van der Waals surface area contributed by atoms with Crippen LogP contribution < -0.4 is 21.1 Å². The van der Waals surface area contributed by atoms with Gasteiger partial charge in [-0.1, -0.05) is 0 Å². The number of rotatable bonds is 7. The number of pyridine rings is 1. The van der Waals surface area contributed by atoms with Crippen LogP contribution in [0.2, 0.25) is 0 Å². The van der Waals surface area contributed by atoms with Crippen LogP contribution in [0.25, 0.3) is 0 Å². The van der Waals surface area contributed by atoms with Gasteiger partial charge in [-0.15, -0.1) is 0 Å². The van der Waals surface area contributed by atoms with Gasteiger partial charge >= 0.3 is 6.01 Å². The number of aromatic nitrogens is 3. The highest BCUT2D eigenvalue weighted by Gasteiger charge is 2.37. The Morgan fingerprint density at radius 3 is 2.47 bits per heavy atom.